The molecule has 116 valence electrons. The average Bonchev–Trinajstić information content (AvgIpc) is 3.10. The fourth-order valence-corrected chi connectivity index (χ4v) is 2.41. The number of rotatable bonds is 3. The van der Waals surface area contributed by atoms with Gasteiger partial charge in [-0.15, -0.1) is 0 Å². The Bertz CT molecular complexity index is 1080. The molecule has 6 nitrogen and oxygen atoms in total. The lowest BCUT2D eigenvalue weighted by atomic mass is 10.3. The molecule has 0 bridgehead atoms. The molecule has 3 heterocycles. The van der Waals surface area contributed by atoms with E-state index in [0.29, 0.717) is 16.7 Å². The summed E-state index contributed by atoms with van der Waals surface area (Å²) in [5.74, 6) is 0.480. The van der Waals surface area contributed by atoms with Crippen molar-refractivity contribution in [3.8, 4) is 5.69 Å². The molecule has 0 spiro atoms. The molecule has 0 aliphatic rings. The lowest BCUT2D eigenvalue weighted by Crippen LogP contribution is -2.09. The first kappa shape index (κ1) is 14.1. The third-order valence-electron chi connectivity index (χ3n) is 3.58. The highest BCUT2D eigenvalue weighted by Gasteiger charge is 2.02. The maximum Gasteiger partial charge on any atom is 0.259 e. The monoisotopic (exact) mass is 315 g/mol. The molecule has 3 aromatic heterocycles. The molecule has 0 radical (unpaired) electrons. The van der Waals surface area contributed by atoms with E-state index < -0.39 is 0 Å². The number of hydrogen-bond donors (Lipinski definition) is 1. The Morgan fingerprint density at radius 3 is 2.79 bits per heavy atom. The van der Waals surface area contributed by atoms with E-state index in [1.807, 2.05) is 42.6 Å². The number of hydrogen-bond acceptors (Lipinski definition) is 4. The molecular weight excluding hydrogens is 302 g/mol. The van der Waals surface area contributed by atoms with Crippen molar-refractivity contribution in [2.75, 3.05) is 0 Å². The van der Waals surface area contributed by atoms with Gasteiger partial charge in [0.2, 0.25) is 0 Å². The van der Waals surface area contributed by atoms with E-state index in [0.717, 1.165) is 11.3 Å². The number of fused-ring (bicyclic) bond motifs is 1. The van der Waals surface area contributed by atoms with E-state index in [1.54, 1.807) is 35.4 Å². The third kappa shape index (κ3) is 2.72. The molecule has 0 amide bonds. The summed E-state index contributed by atoms with van der Waals surface area (Å²) in [4.78, 5) is 23.2. The van der Waals surface area contributed by atoms with Crippen LogP contribution in [-0.4, -0.2) is 24.7 Å². The lowest BCUT2D eigenvalue weighted by Gasteiger charge is -1.98. The first-order chi connectivity index (χ1) is 11.8. The normalized spacial score (nSPS) is 11.3. The number of nitrogens with zero attached hydrogens (tertiary/aromatic N) is 4. The second-order valence-corrected chi connectivity index (χ2v) is 5.23. The molecule has 0 aliphatic heterocycles. The molecule has 0 unspecified atom stereocenters. The number of H-pyrrole nitrogens is 1. The van der Waals surface area contributed by atoms with Gasteiger partial charge in [0.25, 0.3) is 5.56 Å². The molecule has 1 N–H and O–H groups in total. The van der Waals surface area contributed by atoms with Gasteiger partial charge < -0.3 is 4.98 Å². The van der Waals surface area contributed by atoms with Crippen molar-refractivity contribution in [1.82, 2.24) is 24.7 Å². The van der Waals surface area contributed by atoms with Gasteiger partial charge in [0, 0.05) is 18.0 Å². The summed E-state index contributed by atoms with van der Waals surface area (Å²) < 4.78 is 1.79. The Hall–Kier alpha value is -3.54. The van der Waals surface area contributed by atoms with Crippen LogP contribution in [-0.2, 0) is 0 Å². The summed E-state index contributed by atoms with van der Waals surface area (Å²) in [7, 11) is 0. The molecule has 4 aromatic rings. The second-order valence-electron chi connectivity index (χ2n) is 5.23. The summed E-state index contributed by atoms with van der Waals surface area (Å²) in [5, 5.41) is 4.86. The number of pyridine rings is 1. The maximum absolute atomic E-state index is 12.0. The molecule has 0 aliphatic carbocycles. The molecule has 0 atom stereocenters. The number of nitrogens with one attached hydrogen (secondary N) is 1. The van der Waals surface area contributed by atoms with Crippen LogP contribution < -0.4 is 5.56 Å². The van der Waals surface area contributed by atoms with Gasteiger partial charge in [-0.1, -0.05) is 18.2 Å². The van der Waals surface area contributed by atoms with Crippen LogP contribution in [0, 0.1) is 0 Å². The third-order valence-corrected chi connectivity index (χ3v) is 3.58. The van der Waals surface area contributed by atoms with Gasteiger partial charge >= 0.3 is 0 Å². The Balaban J connectivity index is 1.64. The van der Waals surface area contributed by atoms with Crippen molar-refractivity contribution in [2.45, 2.75) is 0 Å². The minimum Gasteiger partial charge on any atom is -0.306 e. The standard InChI is InChI=1S/C18H13N5O/c24-18-15-8-9-19-11-16(15)21-17(22-18)7-6-13-10-20-23(12-13)14-4-2-1-3-5-14/h1-12H,(H,21,22,24)/b7-6+. The van der Waals surface area contributed by atoms with Crippen LogP contribution in [0.3, 0.4) is 0 Å². The topological polar surface area (TPSA) is 76.5 Å². The Labute approximate surface area is 137 Å². The summed E-state index contributed by atoms with van der Waals surface area (Å²) in [6.45, 7) is 0. The van der Waals surface area contributed by atoms with Gasteiger partial charge in [0.15, 0.2) is 0 Å². The van der Waals surface area contributed by atoms with Gasteiger partial charge in [-0.3, -0.25) is 9.78 Å². The summed E-state index contributed by atoms with van der Waals surface area (Å²) in [5.41, 5.74) is 2.29. The molecule has 0 fully saturated rings. The van der Waals surface area contributed by atoms with Crippen molar-refractivity contribution in [2.24, 2.45) is 0 Å². The number of aromatic amines is 1. The van der Waals surface area contributed by atoms with Gasteiger partial charge in [0.05, 0.1) is 29.0 Å². The van der Waals surface area contributed by atoms with Crippen LogP contribution >= 0.6 is 0 Å². The highest BCUT2D eigenvalue weighted by molar-refractivity contribution is 5.77. The minimum absolute atomic E-state index is 0.179. The first-order valence-electron chi connectivity index (χ1n) is 7.42. The Morgan fingerprint density at radius 2 is 1.92 bits per heavy atom. The highest BCUT2D eigenvalue weighted by atomic mass is 16.1. The zero-order valence-corrected chi connectivity index (χ0v) is 12.6. The summed E-state index contributed by atoms with van der Waals surface area (Å²) in [6.07, 6.45) is 10.4. The number of para-hydroxylation sites is 1. The quantitative estimate of drug-likeness (QED) is 0.630. The molecule has 0 saturated heterocycles. The molecule has 6 heteroatoms. The van der Waals surface area contributed by atoms with Crippen molar-refractivity contribution in [3.05, 3.63) is 82.9 Å². The summed E-state index contributed by atoms with van der Waals surface area (Å²) >= 11 is 0. The molecule has 24 heavy (non-hydrogen) atoms. The highest BCUT2D eigenvalue weighted by Crippen LogP contribution is 2.10. The van der Waals surface area contributed by atoms with Crippen molar-refractivity contribution in [3.63, 3.8) is 0 Å². The molecule has 1 aromatic carbocycles. The van der Waals surface area contributed by atoms with Crippen LogP contribution in [0.2, 0.25) is 0 Å². The van der Waals surface area contributed by atoms with Gasteiger partial charge in [-0.2, -0.15) is 5.10 Å². The number of aromatic nitrogens is 5. The van der Waals surface area contributed by atoms with Crippen LogP contribution in [0.25, 0.3) is 28.7 Å². The predicted molar refractivity (Wildman–Crippen MR) is 92.7 cm³/mol. The van der Waals surface area contributed by atoms with Crippen molar-refractivity contribution >= 4 is 23.1 Å². The fourth-order valence-electron chi connectivity index (χ4n) is 2.41. The smallest absolute Gasteiger partial charge is 0.259 e. The van der Waals surface area contributed by atoms with E-state index in [1.165, 1.54) is 0 Å². The second kappa shape index (κ2) is 5.92. The van der Waals surface area contributed by atoms with Crippen LogP contribution in [0.4, 0.5) is 0 Å². The Morgan fingerprint density at radius 1 is 1.04 bits per heavy atom. The van der Waals surface area contributed by atoms with Gasteiger partial charge in [-0.25, -0.2) is 9.67 Å². The number of benzene rings is 1. The fraction of sp³-hybridized carbons (Fsp3) is 0. The zero-order chi connectivity index (χ0) is 16.4. The maximum atomic E-state index is 12.0. The largest absolute Gasteiger partial charge is 0.306 e. The molecular formula is C18H13N5O. The predicted octanol–water partition coefficient (Wildman–Crippen LogP) is 2.67. The lowest BCUT2D eigenvalue weighted by molar-refractivity contribution is 0.880. The van der Waals surface area contributed by atoms with Gasteiger partial charge in [-0.05, 0) is 30.4 Å². The molecule has 4 rings (SSSR count). The zero-order valence-electron chi connectivity index (χ0n) is 12.6. The van der Waals surface area contributed by atoms with Gasteiger partial charge in [0.1, 0.15) is 5.82 Å². The van der Waals surface area contributed by atoms with E-state index in [-0.39, 0.29) is 5.56 Å². The van der Waals surface area contributed by atoms with E-state index in [4.69, 9.17) is 0 Å². The van der Waals surface area contributed by atoms with Crippen LogP contribution in [0.1, 0.15) is 11.4 Å². The van der Waals surface area contributed by atoms with Crippen molar-refractivity contribution < 1.29 is 0 Å². The minimum atomic E-state index is -0.179. The molecule has 0 saturated carbocycles. The van der Waals surface area contributed by atoms with E-state index in [9.17, 15) is 4.79 Å². The summed E-state index contributed by atoms with van der Waals surface area (Å²) in [6, 6.07) is 11.5. The SMILES string of the molecule is O=c1[nH]c(/C=C/c2cnn(-c3ccccc3)c2)nc2cnccc12. The average molecular weight is 315 g/mol. The first-order valence-corrected chi connectivity index (χ1v) is 7.42. The van der Waals surface area contributed by atoms with Crippen LogP contribution in [0.15, 0.2) is 66.0 Å². The van der Waals surface area contributed by atoms with Crippen LogP contribution in [0.5, 0.6) is 0 Å². The Kier molecular flexibility index (Phi) is 3.47. The van der Waals surface area contributed by atoms with E-state index >= 15 is 0 Å². The van der Waals surface area contributed by atoms with Crippen molar-refractivity contribution in [1.29, 1.82) is 0 Å². The van der Waals surface area contributed by atoms with E-state index in [2.05, 4.69) is 20.1 Å².